The highest BCUT2D eigenvalue weighted by Crippen LogP contribution is 2.36. The van der Waals surface area contributed by atoms with Crippen molar-refractivity contribution in [3.05, 3.63) is 36.2 Å². The Hall–Kier alpha value is -3.01. The van der Waals surface area contributed by atoms with Crippen molar-refractivity contribution in [1.29, 1.82) is 0 Å². The van der Waals surface area contributed by atoms with Gasteiger partial charge in [0.15, 0.2) is 5.82 Å². The smallest absolute Gasteiger partial charge is 0.418 e. The topological polar surface area (TPSA) is 104 Å². The Bertz CT molecular complexity index is 1040. The molecule has 0 bridgehead atoms. The van der Waals surface area contributed by atoms with E-state index in [2.05, 4.69) is 25.5 Å². The molecule has 0 aromatic carbocycles. The summed E-state index contributed by atoms with van der Waals surface area (Å²) in [5.74, 6) is -0.251. The predicted molar refractivity (Wildman–Crippen MR) is 99.1 cm³/mol. The summed E-state index contributed by atoms with van der Waals surface area (Å²) in [6.07, 6.45) is 0.451. The lowest BCUT2D eigenvalue weighted by molar-refractivity contribution is -0.137. The molecular weight excluding hydrogens is 387 g/mol. The Labute approximate surface area is 163 Å². The Morgan fingerprint density at radius 2 is 1.86 bits per heavy atom. The zero-order valence-corrected chi connectivity index (χ0v) is 15.2. The molecule has 0 saturated heterocycles. The molecule has 29 heavy (non-hydrogen) atoms. The minimum absolute atomic E-state index is 0.0709. The van der Waals surface area contributed by atoms with Crippen LogP contribution in [0.5, 0.6) is 5.75 Å². The lowest BCUT2D eigenvalue weighted by Gasteiger charge is -2.28. The standard InChI is InChI=1S/C19H18F3N5O2/c20-19(21,22)10-8-14(29)16(24-9-10)17-15-11(4-3-7-23-15)18(27-26-17)25-12-5-1-2-6-13(12)28/h3-4,7-9,12-13,28-29H,1-2,5-6H2,(H,25,27). The molecule has 7 nitrogen and oxygen atoms in total. The number of aliphatic hydroxyl groups is 1. The van der Waals surface area contributed by atoms with Crippen LogP contribution in [0.25, 0.3) is 22.3 Å². The van der Waals surface area contributed by atoms with Crippen molar-refractivity contribution >= 4 is 16.7 Å². The van der Waals surface area contributed by atoms with Crippen LogP contribution >= 0.6 is 0 Å². The van der Waals surface area contributed by atoms with E-state index in [4.69, 9.17) is 0 Å². The van der Waals surface area contributed by atoms with Crippen LogP contribution in [0.1, 0.15) is 31.2 Å². The third-order valence-corrected chi connectivity index (χ3v) is 5.01. The molecule has 1 saturated carbocycles. The number of halogens is 3. The molecule has 3 heterocycles. The maximum absolute atomic E-state index is 12.8. The molecular formula is C19H18F3N5O2. The number of aromatic nitrogens is 4. The first-order valence-electron chi connectivity index (χ1n) is 9.17. The number of hydrogen-bond donors (Lipinski definition) is 3. The van der Waals surface area contributed by atoms with Gasteiger partial charge in [0.2, 0.25) is 0 Å². The van der Waals surface area contributed by atoms with Crippen LogP contribution in [0.2, 0.25) is 0 Å². The highest BCUT2D eigenvalue weighted by molar-refractivity contribution is 5.97. The number of hydrogen-bond acceptors (Lipinski definition) is 7. The maximum atomic E-state index is 12.8. The number of nitrogens with one attached hydrogen (secondary N) is 1. The zero-order valence-electron chi connectivity index (χ0n) is 15.2. The summed E-state index contributed by atoms with van der Waals surface area (Å²) in [6.45, 7) is 0. The summed E-state index contributed by atoms with van der Waals surface area (Å²) < 4.78 is 38.5. The highest BCUT2D eigenvalue weighted by Gasteiger charge is 2.32. The molecule has 1 aliphatic carbocycles. The van der Waals surface area contributed by atoms with Gasteiger partial charge in [-0.15, -0.1) is 10.2 Å². The van der Waals surface area contributed by atoms with Gasteiger partial charge in [-0.05, 0) is 31.0 Å². The van der Waals surface area contributed by atoms with Gasteiger partial charge in [-0.2, -0.15) is 13.2 Å². The fourth-order valence-corrected chi connectivity index (χ4v) is 3.50. The SMILES string of the molecule is Oc1cc(C(F)(F)F)cnc1-c1nnc(NC2CCCCC2O)c2cccnc12. The molecule has 0 radical (unpaired) electrons. The number of fused-ring (bicyclic) bond motifs is 1. The summed E-state index contributed by atoms with van der Waals surface area (Å²) in [5.41, 5.74) is -0.800. The molecule has 0 amide bonds. The van der Waals surface area contributed by atoms with E-state index < -0.39 is 23.6 Å². The molecule has 1 aliphatic rings. The van der Waals surface area contributed by atoms with Crippen LogP contribution in [-0.4, -0.2) is 42.5 Å². The molecule has 2 unspecified atom stereocenters. The first kappa shape index (κ1) is 19.3. The molecule has 1 fully saturated rings. The number of alkyl halides is 3. The third-order valence-electron chi connectivity index (χ3n) is 5.01. The van der Waals surface area contributed by atoms with Crippen molar-refractivity contribution < 1.29 is 23.4 Å². The van der Waals surface area contributed by atoms with E-state index >= 15 is 0 Å². The van der Waals surface area contributed by atoms with E-state index in [1.165, 1.54) is 6.20 Å². The largest absolute Gasteiger partial charge is 0.506 e. The Morgan fingerprint density at radius 1 is 1.07 bits per heavy atom. The van der Waals surface area contributed by atoms with Gasteiger partial charge < -0.3 is 15.5 Å². The van der Waals surface area contributed by atoms with Crippen LogP contribution in [0.3, 0.4) is 0 Å². The number of rotatable bonds is 3. The van der Waals surface area contributed by atoms with Crippen molar-refractivity contribution in [2.24, 2.45) is 0 Å². The van der Waals surface area contributed by atoms with E-state index in [-0.39, 0.29) is 17.4 Å². The Balaban J connectivity index is 1.76. The molecule has 152 valence electrons. The van der Waals surface area contributed by atoms with Crippen molar-refractivity contribution in [3.63, 3.8) is 0 Å². The fourth-order valence-electron chi connectivity index (χ4n) is 3.50. The minimum atomic E-state index is -4.62. The van der Waals surface area contributed by atoms with Crippen molar-refractivity contribution in [3.8, 4) is 17.1 Å². The predicted octanol–water partition coefficient (Wildman–Crippen LogP) is 3.53. The summed E-state index contributed by atoms with van der Waals surface area (Å²) >= 11 is 0. The van der Waals surface area contributed by atoms with Gasteiger partial charge in [0.1, 0.15) is 22.7 Å². The van der Waals surface area contributed by atoms with Crippen LogP contribution in [0.4, 0.5) is 19.0 Å². The second kappa shape index (κ2) is 7.43. The quantitative estimate of drug-likeness (QED) is 0.612. The minimum Gasteiger partial charge on any atom is -0.506 e. The average Bonchev–Trinajstić information content (AvgIpc) is 2.69. The van der Waals surface area contributed by atoms with Gasteiger partial charge >= 0.3 is 6.18 Å². The Kier molecular flexibility index (Phi) is 4.95. The molecule has 10 heteroatoms. The van der Waals surface area contributed by atoms with Crippen molar-refractivity contribution in [1.82, 2.24) is 20.2 Å². The second-order valence-electron chi connectivity index (χ2n) is 6.99. The van der Waals surface area contributed by atoms with Crippen molar-refractivity contribution in [2.45, 2.75) is 44.0 Å². The monoisotopic (exact) mass is 405 g/mol. The van der Waals surface area contributed by atoms with Crippen LogP contribution in [0, 0.1) is 0 Å². The molecule has 0 aliphatic heterocycles. The normalized spacial score (nSPS) is 20.0. The molecule has 0 spiro atoms. The van der Waals surface area contributed by atoms with E-state index in [0.717, 1.165) is 19.3 Å². The number of nitrogens with zero attached hydrogens (tertiary/aromatic N) is 4. The lowest BCUT2D eigenvalue weighted by atomic mass is 9.92. The summed E-state index contributed by atoms with van der Waals surface area (Å²) in [6, 6.07) is 3.85. The Morgan fingerprint density at radius 3 is 2.59 bits per heavy atom. The van der Waals surface area contributed by atoms with Crippen molar-refractivity contribution in [2.75, 3.05) is 5.32 Å². The molecule has 3 aromatic rings. The van der Waals surface area contributed by atoms with E-state index in [1.807, 2.05) is 0 Å². The number of aliphatic hydroxyl groups excluding tert-OH is 1. The van der Waals surface area contributed by atoms with Gasteiger partial charge in [0.25, 0.3) is 0 Å². The average molecular weight is 405 g/mol. The second-order valence-corrected chi connectivity index (χ2v) is 6.99. The van der Waals surface area contributed by atoms with Gasteiger partial charge in [-0.3, -0.25) is 4.98 Å². The van der Waals surface area contributed by atoms with E-state index in [0.29, 0.717) is 35.4 Å². The van der Waals surface area contributed by atoms with Gasteiger partial charge in [-0.1, -0.05) is 12.8 Å². The number of aromatic hydroxyl groups is 1. The highest BCUT2D eigenvalue weighted by atomic mass is 19.4. The summed E-state index contributed by atoms with van der Waals surface area (Å²) in [4.78, 5) is 8.01. The summed E-state index contributed by atoms with van der Waals surface area (Å²) in [5, 5.41) is 32.3. The van der Waals surface area contributed by atoms with Crippen LogP contribution in [-0.2, 0) is 6.18 Å². The number of pyridine rings is 2. The van der Waals surface area contributed by atoms with Crippen LogP contribution < -0.4 is 5.32 Å². The van der Waals surface area contributed by atoms with Gasteiger partial charge in [0.05, 0.1) is 17.7 Å². The van der Waals surface area contributed by atoms with Gasteiger partial charge in [-0.25, -0.2) is 4.98 Å². The lowest BCUT2D eigenvalue weighted by Crippen LogP contribution is -2.36. The van der Waals surface area contributed by atoms with Gasteiger partial charge in [0, 0.05) is 17.8 Å². The van der Waals surface area contributed by atoms with Crippen LogP contribution in [0.15, 0.2) is 30.6 Å². The first-order chi connectivity index (χ1) is 13.8. The summed E-state index contributed by atoms with van der Waals surface area (Å²) in [7, 11) is 0. The first-order valence-corrected chi connectivity index (χ1v) is 9.17. The molecule has 2 atom stereocenters. The maximum Gasteiger partial charge on any atom is 0.418 e. The zero-order chi connectivity index (χ0) is 20.6. The molecule has 3 aromatic heterocycles. The molecule has 4 rings (SSSR count). The fraction of sp³-hybridized carbons (Fsp3) is 0.368. The number of anilines is 1. The van der Waals surface area contributed by atoms with E-state index in [1.54, 1.807) is 12.1 Å². The molecule has 3 N–H and O–H groups in total. The third kappa shape index (κ3) is 3.80. The van der Waals surface area contributed by atoms with E-state index in [9.17, 15) is 23.4 Å².